The van der Waals surface area contributed by atoms with Crippen LogP contribution in [-0.2, 0) is 11.3 Å². The molecule has 0 aliphatic carbocycles. The number of amides is 1. The number of aromatic nitrogens is 2. The van der Waals surface area contributed by atoms with Crippen LogP contribution in [0.25, 0.3) is 10.9 Å². The fourth-order valence-corrected chi connectivity index (χ4v) is 2.52. The quantitative estimate of drug-likeness (QED) is 0.772. The summed E-state index contributed by atoms with van der Waals surface area (Å²) in [4.78, 5) is 28.5. The Hall–Kier alpha value is -2.44. The topological polar surface area (TPSA) is 64.0 Å². The summed E-state index contributed by atoms with van der Waals surface area (Å²) in [5, 5.41) is 3.27. The van der Waals surface area contributed by atoms with Crippen molar-refractivity contribution in [3.05, 3.63) is 68.9 Å². The largest absolute Gasteiger partial charge is 0.324 e. The van der Waals surface area contributed by atoms with Gasteiger partial charge >= 0.3 is 0 Å². The molecule has 0 atom stereocenters. The first-order valence-corrected chi connectivity index (χ1v) is 7.59. The van der Waals surface area contributed by atoms with Gasteiger partial charge in [0.05, 0.1) is 22.3 Å². The van der Waals surface area contributed by atoms with E-state index in [1.807, 2.05) is 0 Å². The van der Waals surface area contributed by atoms with E-state index in [9.17, 15) is 14.0 Å². The summed E-state index contributed by atoms with van der Waals surface area (Å²) in [7, 11) is 0. The number of nitrogens with one attached hydrogen (secondary N) is 1. The van der Waals surface area contributed by atoms with Gasteiger partial charge in [0, 0.05) is 10.7 Å². The van der Waals surface area contributed by atoms with Crippen LogP contribution in [0.2, 0.25) is 10.0 Å². The van der Waals surface area contributed by atoms with E-state index in [-0.39, 0.29) is 17.1 Å². The zero-order chi connectivity index (χ0) is 17.3. The molecule has 2 aromatic carbocycles. The lowest BCUT2D eigenvalue weighted by Crippen LogP contribution is -2.27. The van der Waals surface area contributed by atoms with Gasteiger partial charge in [-0.25, -0.2) is 9.37 Å². The molecule has 0 radical (unpaired) electrons. The van der Waals surface area contributed by atoms with Crippen LogP contribution in [0.1, 0.15) is 0 Å². The first-order valence-electron chi connectivity index (χ1n) is 6.83. The molecule has 3 rings (SSSR count). The van der Waals surface area contributed by atoms with Gasteiger partial charge < -0.3 is 5.32 Å². The zero-order valence-corrected chi connectivity index (χ0v) is 13.6. The Morgan fingerprint density at radius 2 is 2.00 bits per heavy atom. The Labute approximate surface area is 145 Å². The lowest BCUT2D eigenvalue weighted by molar-refractivity contribution is -0.116. The number of fused-ring (bicyclic) bond motifs is 1. The van der Waals surface area contributed by atoms with Crippen LogP contribution in [0.4, 0.5) is 10.1 Å². The van der Waals surface area contributed by atoms with Crippen molar-refractivity contribution in [1.82, 2.24) is 9.55 Å². The second kappa shape index (κ2) is 6.59. The predicted molar refractivity (Wildman–Crippen MR) is 91.1 cm³/mol. The summed E-state index contributed by atoms with van der Waals surface area (Å²) in [6, 6.07) is 8.52. The summed E-state index contributed by atoms with van der Waals surface area (Å²) in [6.07, 6.45) is 1.28. The maximum atomic E-state index is 13.1. The van der Waals surface area contributed by atoms with Crippen LogP contribution in [0.15, 0.2) is 47.5 Å². The zero-order valence-electron chi connectivity index (χ0n) is 12.1. The maximum Gasteiger partial charge on any atom is 0.261 e. The van der Waals surface area contributed by atoms with Crippen LogP contribution in [0.3, 0.4) is 0 Å². The van der Waals surface area contributed by atoms with E-state index < -0.39 is 11.7 Å². The van der Waals surface area contributed by atoms with E-state index >= 15 is 0 Å². The molecule has 0 aliphatic rings. The summed E-state index contributed by atoms with van der Waals surface area (Å²) < 4.78 is 14.3. The minimum atomic E-state index is -0.580. The summed E-state index contributed by atoms with van der Waals surface area (Å²) in [5.74, 6) is -1.04. The van der Waals surface area contributed by atoms with Crippen molar-refractivity contribution < 1.29 is 9.18 Å². The molecule has 0 fully saturated rings. The molecule has 1 aromatic heterocycles. The van der Waals surface area contributed by atoms with Crippen LogP contribution < -0.4 is 10.9 Å². The van der Waals surface area contributed by atoms with Gasteiger partial charge in [-0.15, -0.1) is 0 Å². The molecule has 0 spiro atoms. The van der Waals surface area contributed by atoms with Crippen LogP contribution in [-0.4, -0.2) is 15.5 Å². The molecule has 1 heterocycles. The van der Waals surface area contributed by atoms with E-state index in [0.717, 1.165) is 6.07 Å². The highest BCUT2D eigenvalue weighted by atomic mass is 35.5. The first kappa shape index (κ1) is 16.4. The van der Waals surface area contributed by atoms with Gasteiger partial charge in [0.15, 0.2) is 0 Å². The highest BCUT2D eigenvalue weighted by Crippen LogP contribution is 2.19. The number of halogens is 3. The molecule has 0 bridgehead atoms. The Kier molecular flexibility index (Phi) is 4.51. The van der Waals surface area contributed by atoms with Crippen molar-refractivity contribution in [2.75, 3.05) is 5.32 Å². The second-order valence-corrected chi connectivity index (χ2v) is 5.86. The highest BCUT2D eigenvalue weighted by molar-refractivity contribution is 6.31. The molecule has 24 heavy (non-hydrogen) atoms. The first-order chi connectivity index (χ1) is 11.4. The number of hydrogen-bond acceptors (Lipinski definition) is 3. The van der Waals surface area contributed by atoms with Gasteiger partial charge in [-0.05, 0) is 36.4 Å². The number of carbonyl (C=O) groups excluding carboxylic acids is 1. The number of carbonyl (C=O) groups is 1. The fourth-order valence-electron chi connectivity index (χ4n) is 2.17. The monoisotopic (exact) mass is 365 g/mol. The van der Waals surface area contributed by atoms with Crippen molar-refractivity contribution in [3.63, 3.8) is 0 Å². The lowest BCUT2D eigenvalue weighted by Gasteiger charge is -2.08. The molecule has 0 aliphatic heterocycles. The SMILES string of the molecule is O=C(Cn1cnc2cc(Cl)ccc2c1=O)Nc1ccc(F)c(Cl)c1. The second-order valence-electron chi connectivity index (χ2n) is 5.02. The van der Waals surface area contributed by atoms with Crippen LogP contribution in [0, 0.1) is 5.82 Å². The molecule has 0 unspecified atom stereocenters. The average molecular weight is 366 g/mol. The van der Waals surface area contributed by atoms with E-state index in [2.05, 4.69) is 10.3 Å². The maximum absolute atomic E-state index is 13.1. The van der Waals surface area contributed by atoms with Crippen molar-refractivity contribution in [2.24, 2.45) is 0 Å². The highest BCUT2D eigenvalue weighted by Gasteiger charge is 2.10. The van der Waals surface area contributed by atoms with Gasteiger partial charge in [-0.2, -0.15) is 0 Å². The molecule has 5 nitrogen and oxygen atoms in total. The van der Waals surface area contributed by atoms with Gasteiger partial charge in [0.1, 0.15) is 12.4 Å². The number of benzene rings is 2. The summed E-state index contributed by atoms with van der Waals surface area (Å²) in [6.45, 7) is -0.237. The number of nitrogens with zero attached hydrogens (tertiary/aromatic N) is 2. The van der Waals surface area contributed by atoms with Crippen molar-refractivity contribution >= 4 is 45.7 Å². The van der Waals surface area contributed by atoms with Crippen molar-refractivity contribution in [1.29, 1.82) is 0 Å². The number of hydrogen-bond donors (Lipinski definition) is 1. The van der Waals surface area contributed by atoms with Gasteiger partial charge in [0.2, 0.25) is 5.91 Å². The van der Waals surface area contributed by atoms with Crippen molar-refractivity contribution in [2.45, 2.75) is 6.54 Å². The molecule has 1 N–H and O–H groups in total. The molecule has 8 heteroatoms. The molecule has 0 saturated carbocycles. The van der Waals surface area contributed by atoms with E-state index in [1.54, 1.807) is 18.2 Å². The molecular weight excluding hydrogens is 356 g/mol. The Bertz CT molecular complexity index is 1000. The van der Waals surface area contributed by atoms with E-state index in [4.69, 9.17) is 23.2 Å². The minimum Gasteiger partial charge on any atom is -0.324 e. The Balaban J connectivity index is 1.82. The fraction of sp³-hybridized carbons (Fsp3) is 0.0625. The normalized spacial score (nSPS) is 10.8. The minimum absolute atomic E-state index is 0.103. The van der Waals surface area contributed by atoms with Gasteiger partial charge in [-0.3, -0.25) is 14.2 Å². The Morgan fingerprint density at radius 1 is 1.21 bits per heavy atom. The van der Waals surface area contributed by atoms with Gasteiger partial charge in [0.25, 0.3) is 5.56 Å². The number of rotatable bonds is 3. The predicted octanol–water partition coefficient (Wildman–Crippen LogP) is 3.48. The Morgan fingerprint density at radius 3 is 2.75 bits per heavy atom. The van der Waals surface area contributed by atoms with E-state index in [0.29, 0.717) is 21.6 Å². The summed E-state index contributed by atoms with van der Waals surface area (Å²) in [5.41, 5.74) is 0.429. The summed E-state index contributed by atoms with van der Waals surface area (Å²) >= 11 is 11.5. The standard InChI is InChI=1S/C16H10Cl2FN3O2/c17-9-1-3-11-14(5-9)20-8-22(16(11)24)7-15(23)21-10-2-4-13(19)12(18)6-10/h1-6,8H,7H2,(H,21,23). The lowest BCUT2D eigenvalue weighted by atomic mass is 10.2. The molecule has 1 amide bonds. The molecular formula is C16H10Cl2FN3O2. The van der Waals surface area contributed by atoms with Crippen LogP contribution >= 0.6 is 23.2 Å². The van der Waals surface area contributed by atoms with Crippen LogP contribution in [0.5, 0.6) is 0 Å². The molecule has 3 aromatic rings. The molecule has 0 saturated heterocycles. The third-order valence-corrected chi connectivity index (χ3v) is 3.83. The third kappa shape index (κ3) is 3.39. The average Bonchev–Trinajstić information content (AvgIpc) is 2.53. The smallest absolute Gasteiger partial charge is 0.261 e. The van der Waals surface area contributed by atoms with Gasteiger partial charge in [-0.1, -0.05) is 23.2 Å². The molecule has 122 valence electrons. The van der Waals surface area contributed by atoms with Crippen molar-refractivity contribution in [3.8, 4) is 0 Å². The number of anilines is 1. The van der Waals surface area contributed by atoms with E-state index in [1.165, 1.54) is 23.0 Å². The third-order valence-electron chi connectivity index (χ3n) is 3.30.